The Morgan fingerprint density at radius 1 is 1.56 bits per heavy atom. The second-order valence-electron chi connectivity index (χ2n) is 4.87. The largest absolute Gasteiger partial charge is 0.385 e. The number of benzene rings is 1. The van der Waals surface area contributed by atoms with Gasteiger partial charge in [-0.15, -0.1) is 0 Å². The van der Waals surface area contributed by atoms with Gasteiger partial charge in [0.05, 0.1) is 5.56 Å². The molecular weight excluding hydrogens is 248 g/mol. The minimum Gasteiger partial charge on any atom is -0.385 e. The molecule has 1 N–H and O–H groups in total. The highest BCUT2D eigenvalue weighted by molar-refractivity contribution is 6.31. The van der Waals surface area contributed by atoms with Crippen molar-refractivity contribution in [1.82, 2.24) is 4.90 Å². The molecule has 0 spiro atoms. The van der Waals surface area contributed by atoms with Crippen molar-refractivity contribution in [2.45, 2.75) is 20.3 Å². The van der Waals surface area contributed by atoms with Gasteiger partial charge in [-0.05, 0) is 37.5 Å². The summed E-state index contributed by atoms with van der Waals surface area (Å²) in [5, 5.41) is 3.82. The molecule has 4 heteroatoms. The zero-order valence-corrected chi connectivity index (χ0v) is 11.6. The molecule has 1 fully saturated rings. The minimum atomic E-state index is 0.0813. The smallest absolute Gasteiger partial charge is 0.256 e. The van der Waals surface area contributed by atoms with Crippen molar-refractivity contribution in [3.8, 4) is 0 Å². The normalized spacial score (nSPS) is 19.1. The minimum absolute atomic E-state index is 0.0813. The molecule has 1 aromatic carbocycles. The average Bonchev–Trinajstić information content (AvgIpc) is 2.77. The van der Waals surface area contributed by atoms with Crippen LogP contribution in [0, 0.1) is 5.92 Å². The number of carbonyl (C=O) groups excluding carboxylic acids is 1. The van der Waals surface area contributed by atoms with Crippen molar-refractivity contribution < 1.29 is 4.79 Å². The zero-order chi connectivity index (χ0) is 13.1. The number of nitrogens with zero attached hydrogens (tertiary/aromatic N) is 1. The van der Waals surface area contributed by atoms with Crippen LogP contribution in [0.15, 0.2) is 18.2 Å². The molecule has 98 valence electrons. The van der Waals surface area contributed by atoms with Crippen LogP contribution in [0.5, 0.6) is 0 Å². The van der Waals surface area contributed by atoms with Gasteiger partial charge in [0, 0.05) is 30.3 Å². The molecule has 1 saturated heterocycles. The maximum Gasteiger partial charge on any atom is 0.256 e. The fourth-order valence-corrected chi connectivity index (χ4v) is 2.50. The topological polar surface area (TPSA) is 32.3 Å². The SMILES string of the molecule is CCNc1ccc(Cl)cc1C(=O)N1CCC(C)C1. The monoisotopic (exact) mass is 266 g/mol. The molecule has 2 rings (SSSR count). The Morgan fingerprint density at radius 2 is 2.33 bits per heavy atom. The first-order chi connectivity index (χ1) is 8.61. The molecular formula is C14H19ClN2O. The third-order valence-electron chi connectivity index (χ3n) is 3.29. The van der Waals surface area contributed by atoms with E-state index in [0.29, 0.717) is 16.5 Å². The number of carbonyl (C=O) groups is 1. The first-order valence-electron chi connectivity index (χ1n) is 6.44. The van der Waals surface area contributed by atoms with E-state index in [1.165, 1.54) is 0 Å². The lowest BCUT2D eigenvalue weighted by Gasteiger charge is -2.18. The van der Waals surface area contributed by atoms with Crippen LogP contribution < -0.4 is 5.32 Å². The van der Waals surface area contributed by atoms with E-state index in [1.54, 1.807) is 6.07 Å². The van der Waals surface area contributed by atoms with Crippen LogP contribution in [0.2, 0.25) is 5.02 Å². The summed E-state index contributed by atoms with van der Waals surface area (Å²) in [5.41, 5.74) is 1.55. The molecule has 1 amide bonds. The number of hydrogen-bond acceptors (Lipinski definition) is 2. The maximum atomic E-state index is 12.5. The van der Waals surface area contributed by atoms with Crippen LogP contribution in [0.4, 0.5) is 5.69 Å². The lowest BCUT2D eigenvalue weighted by Crippen LogP contribution is -2.29. The molecule has 0 aliphatic carbocycles. The van der Waals surface area contributed by atoms with Crippen molar-refractivity contribution in [2.75, 3.05) is 25.0 Å². The summed E-state index contributed by atoms with van der Waals surface area (Å²) >= 11 is 6.00. The highest BCUT2D eigenvalue weighted by atomic mass is 35.5. The summed E-state index contributed by atoms with van der Waals surface area (Å²) in [6.45, 7) is 6.67. The molecule has 1 atom stereocenters. The van der Waals surface area contributed by atoms with Crippen LogP contribution in [-0.2, 0) is 0 Å². The third kappa shape index (κ3) is 2.78. The quantitative estimate of drug-likeness (QED) is 0.911. The van der Waals surface area contributed by atoms with Gasteiger partial charge in [0.2, 0.25) is 0 Å². The van der Waals surface area contributed by atoms with Gasteiger partial charge in [-0.2, -0.15) is 0 Å². The van der Waals surface area contributed by atoms with E-state index in [4.69, 9.17) is 11.6 Å². The molecule has 1 aromatic rings. The molecule has 1 aliphatic rings. The Kier molecular flexibility index (Phi) is 4.12. The molecule has 3 nitrogen and oxygen atoms in total. The Morgan fingerprint density at radius 3 is 2.94 bits per heavy atom. The molecule has 1 unspecified atom stereocenters. The highest BCUT2D eigenvalue weighted by Gasteiger charge is 2.25. The molecule has 18 heavy (non-hydrogen) atoms. The first-order valence-corrected chi connectivity index (χ1v) is 6.82. The van der Waals surface area contributed by atoms with E-state index >= 15 is 0 Å². The van der Waals surface area contributed by atoms with Gasteiger partial charge in [0.25, 0.3) is 5.91 Å². The lowest BCUT2D eigenvalue weighted by atomic mass is 10.1. The van der Waals surface area contributed by atoms with Gasteiger partial charge in [-0.25, -0.2) is 0 Å². The van der Waals surface area contributed by atoms with E-state index in [1.807, 2.05) is 24.0 Å². The van der Waals surface area contributed by atoms with E-state index in [2.05, 4.69) is 12.2 Å². The maximum absolute atomic E-state index is 12.5. The summed E-state index contributed by atoms with van der Waals surface area (Å²) in [6.07, 6.45) is 1.09. The number of anilines is 1. The number of halogens is 1. The van der Waals surface area contributed by atoms with E-state index in [9.17, 15) is 4.79 Å². The van der Waals surface area contributed by atoms with E-state index in [0.717, 1.165) is 31.7 Å². The predicted molar refractivity (Wildman–Crippen MR) is 75.3 cm³/mol. The molecule has 1 aliphatic heterocycles. The van der Waals surface area contributed by atoms with Gasteiger partial charge >= 0.3 is 0 Å². The molecule has 1 heterocycles. The Balaban J connectivity index is 2.25. The van der Waals surface area contributed by atoms with Crippen LogP contribution in [0.25, 0.3) is 0 Å². The van der Waals surface area contributed by atoms with Crippen LogP contribution in [-0.4, -0.2) is 30.4 Å². The molecule has 0 radical (unpaired) electrons. The number of likely N-dealkylation sites (tertiary alicyclic amines) is 1. The van der Waals surface area contributed by atoms with Crippen molar-refractivity contribution in [3.63, 3.8) is 0 Å². The molecule has 0 saturated carbocycles. The summed E-state index contributed by atoms with van der Waals surface area (Å²) in [5.74, 6) is 0.675. The van der Waals surface area contributed by atoms with E-state index in [-0.39, 0.29) is 5.91 Å². The molecule has 0 bridgehead atoms. The summed E-state index contributed by atoms with van der Waals surface area (Å²) < 4.78 is 0. The average molecular weight is 267 g/mol. The first kappa shape index (κ1) is 13.2. The standard InChI is InChI=1S/C14H19ClN2O/c1-3-16-13-5-4-11(15)8-12(13)14(18)17-7-6-10(2)9-17/h4-5,8,10,16H,3,6-7,9H2,1-2H3. The number of nitrogens with one attached hydrogen (secondary N) is 1. The fraction of sp³-hybridized carbons (Fsp3) is 0.500. The van der Waals surface area contributed by atoms with Gasteiger partial charge in [-0.1, -0.05) is 18.5 Å². The van der Waals surface area contributed by atoms with Crippen molar-refractivity contribution in [2.24, 2.45) is 5.92 Å². The van der Waals surface area contributed by atoms with Crippen molar-refractivity contribution >= 4 is 23.2 Å². The van der Waals surface area contributed by atoms with Crippen molar-refractivity contribution in [1.29, 1.82) is 0 Å². The summed E-state index contributed by atoms with van der Waals surface area (Å²) in [4.78, 5) is 14.4. The van der Waals surface area contributed by atoms with Gasteiger partial charge in [0.1, 0.15) is 0 Å². The van der Waals surface area contributed by atoms with Crippen molar-refractivity contribution in [3.05, 3.63) is 28.8 Å². The second kappa shape index (κ2) is 5.61. The van der Waals surface area contributed by atoms with E-state index < -0.39 is 0 Å². The summed E-state index contributed by atoms with van der Waals surface area (Å²) in [7, 11) is 0. The number of rotatable bonds is 3. The number of hydrogen-bond donors (Lipinski definition) is 1. The second-order valence-corrected chi connectivity index (χ2v) is 5.30. The van der Waals surface area contributed by atoms with Gasteiger partial charge in [-0.3, -0.25) is 4.79 Å². The fourth-order valence-electron chi connectivity index (χ4n) is 2.33. The zero-order valence-electron chi connectivity index (χ0n) is 10.9. The summed E-state index contributed by atoms with van der Waals surface area (Å²) in [6, 6.07) is 5.44. The van der Waals surface area contributed by atoms with Crippen LogP contribution >= 0.6 is 11.6 Å². The lowest BCUT2D eigenvalue weighted by molar-refractivity contribution is 0.0789. The third-order valence-corrected chi connectivity index (χ3v) is 3.53. The highest BCUT2D eigenvalue weighted by Crippen LogP contribution is 2.25. The Hall–Kier alpha value is -1.22. The Labute approximate surface area is 113 Å². The Bertz CT molecular complexity index is 447. The van der Waals surface area contributed by atoms with Crippen LogP contribution in [0.3, 0.4) is 0 Å². The van der Waals surface area contributed by atoms with Gasteiger partial charge < -0.3 is 10.2 Å². The van der Waals surface area contributed by atoms with Gasteiger partial charge in [0.15, 0.2) is 0 Å². The van der Waals surface area contributed by atoms with Crippen LogP contribution in [0.1, 0.15) is 30.6 Å². The molecule has 0 aromatic heterocycles. The number of amides is 1. The predicted octanol–water partition coefficient (Wildman–Crippen LogP) is 3.25.